The molecular formula is C14H14ClNO3. The van der Waals surface area contributed by atoms with E-state index in [0.29, 0.717) is 17.3 Å². The van der Waals surface area contributed by atoms with E-state index in [-0.39, 0.29) is 12.5 Å². The van der Waals surface area contributed by atoms with E-state index in [1.165, 1.54) is 6.26 Å². The zero-order chi connectivity index (χ0) is 13.7. The molecule has 0 aliphatic carbocycles. The van der Waals surface area contributed by atoms with Crippen LogP contribution in [0, 0.1) is 0 Å². The largest absolute Gasteiger partial charge is 0.550 e. The van der Waals surface area contributed by atoms with Crippen LogP contribution in [0.2, 0.25) is 5.02 Å². The Bertz CT molecular complexity index is 539. The summed E-state index contributed by atoms with van der Waals surface area (Å²) in [5.41, 5.74) is 0.957. The lowest BCUT2D eigenvalue weighted by Crippen LogP contribution is -2.84. The quantitative estimate of drug-likeness (QED) is 0.853. The molecule has 0 saturated heterocycles. The van der Waals surface area contributed by atoms with Crippen LogP contribution in [0.5, 0.6) is 0 Å². The van der Waals surface area contributed by atoms with Crippen molar-refractivity contribution in [3.63, 3.8) is 0 Å². The van der Waals surface area contributed by atoms with Crippen molar-refractivity contribution in [1.29, 1.82) is 0 Å². The average Bonchev–Trinajstić information content (AvgIpc) is 2.89. The summed E-state index contributed by atoms with van der Waals surface area (Å²) < 4.78 is 5.26. The van der Waals surface area contributed by atoms with Crippen LogP contribution in [-0.2, 0) is 11.3 Å². The number of carboxylic acids is 1. The van der Waals surface area contributed by atoms with Crippen LogP contribution in [0.3, 0.4) is 0 Å². The number of nitrogens with two attached hydrogens (primary N) is 1. The number of furan rings is 1. The minimum Gasteiger partial charge on any atom is -0.550 e. The lowest BCUT2D eigenvalue weighted by atomic mass is 10.1. The third-order valence-electron chi connectivity index (χ3n) is 2.88. The molecule has 1 atom stereocenters. The number of carbonyl (C=O) groups is 1. The second kappa shape index (κ2) is 6.41. The van der Waals surface area contributed by atoms with Crippen molar-refractivity contribution in [1.82, 2.24) is 0 Å². The second-order valence-electron chi connectivity index (χ2n) is 4.23. The molecule has 1 heterocycles. The molecule has 0 saturated carbocycles. The van der Waals surface area contributed by atoms with E-state index < -0.39 is 5.97 Å². The molecule has 2 aromatic rings. The first kappa shape index (κ1) is 13.6. The smallest absolute Gasteiger partial charge is 0.161 e. The monoisotopic (exact) mass is 279 g/mol. The van der Waals surface area contributed by atoms with E-state index in [0.717, 1.165) is 5.56 Å². The Morgan fingerprint density at radius 3 is 2.74 bits per heavy atom. The topological polar surface area (TPSA) is 69.9 Å². The van der Waals surface area contributed by atoms with Gasteiger partial charge in [-0.15, -0.1) is 0 Å². The van der Waals surface area contributed by atoms with Gasteiger partial charge in [0.15, 0.2) is 5.76 Å². The fourth-order valence-electron chi connectivity index (χ4n) is 1.92. The number of benzene rings is 1. The van der Waals surface area contributed by atoms with Crippen molar-refractivity contribution in [2.24, 2.45) is 0 Å². The molecule has 0 aliphatic heterocycles. The van der Waals surface area contributed by atoms with Gasteiger partial charge in [0.2, 0.25) is 0 Å². The van der Waals surface area contributed by atoms with Crippen LogP contribution in [0.15, 0.2) is 47.1 Å². The van der Waals surface area contributed by atoms with Crippen molar-refractivity contribution in [3.8, 4) is 0 Å². The first-order valence-electron chi connectivity index (χ1n) is 5.97. The van der Waals surface area contributed by atoms with Crippen LogP contribution >= 0.6 is 11.6 Å². The summed E-state index contributed by atoms with van der Waals surface area (Å²) in [6, 6.07) is 10.7. The number of hydrogen-bond donors (Lipinski definition) is 1. The third-order valence-corrected chi connectivity index (χ3v) is 3.24. The van der Waals surface area contributed by atoms with Crippen molar-refractivity contribution in [3.05, 3.63) is 59.0 Å². The summed E-state index contributed by atoms with van der Waals surface area (Å²) >= 11 is 6.07. The summed E-state index contributed by atoms with van der Waals surface area (Å²) in [6.45, 7) is 0.582. The Morgan fingerprint density at radius 2 is 2.11 bits per heavy atom. The van der Waals surface area contributed by atoms with Crippen LogP contribution in [0.4, 0.5) is 0 Å². The molecule has 0 amide bonds. The van der Waals surface area contributed by atoms with E-state index in [2.05, 4.69) is 0 Å². The van der Waals surface area contributed by atoms with Gasteiger partial charge in [-0.2, -0.15) is 0 Å². The second-order valence-corrected chi connectivity index (χ2v) is 4.64. The minimum atomic E-state index is -1.10. The summed E-state index contributed by atoms with van der Waals surface area (Å²) in [5, 5.41) is 13.3. The highest BCUT2D eigenvalue weighted by Crippen LogP contribution is 2.15. The van der Waals surface area contributed by atoms with Gasteiger partial charge in [0, 0.05) is 23.0 Å². The molecule has 0 radical (unpaired) electrons. The van der Waals surface area contributed by atoms with E-state index in [4.69, 9.17) is 16.0 Å². The SMILES string of the molecule is O=C([O-])CC([NH2+]Cc1ccccc1Cl)c1ccco1. The van der Waals surface area contributed by atoms with Gasteiger partial charge < -0.3 is 19.6 Å². The standard InChI is InChI=1S/C14H14ClNO3/c15-11-5-2-1-4-10(11)9-16-12(8-14(17)18)13-6-3-7-19-13/h1-7,12,16H,8-9H2,(H,17,18). The molecule has 2 rings (SSSR count). The first-order valence-corrected chi connectivity index (χ1v) is 6.34. The number of carboxylic acid groups (broad SMARTS) is 1. The predicted octanol–water partition coefficient (Wildman–Crippen LogP) is 0.878. The normalized spacial score (nSPS) is 12.3. The van der Waals surface area contributed by atoms with Gasteiger partial charge >= 0.3 is 0 Å². The molecule has 4 nitrogen and oxygen atoms in total. The van der Waals surface area contributed by atoms with E-state index in [1.807, 2.05) is 29.6 Å². The number of rotatable bonds is 6. The van der Waals surface area contributed by atoms with Gasteiger partial charge in [-0.05, 0) is 18.2 Å². The van der Waals surface area contributed by atoms with Crippen molar-refractivity contribution < 1.29 is 19.6 Å². The van der Waals surface area contributed by atoms with Crippen molar-refractivity contribution >= 4 is 17.6 Å². The maximum atomic E-state index is 10.8. The molecule has 0 aliphatic rings. The number of carbonyl (C=O) groups excluding carboxylic acids is 1. The maximum absolute atomic E-state index is 10.8. The van der Waals surface area contributed by atoms with Gasteiger partial charge in [0.25, 0.3) is 0 Å². The minimum absolute atomic E-state index is 0.0992. The molecular weight excluding hydrogens is 266 g/mol. The summed E-state index contributed by atoms with van der Waals surface area (Å²) in [6.07, 6.45) is 1.43. The van der Waals surface area contributed by atoms with Crippen LogP contribution in [0.1, 0.15) is 23.8 Å². The molecule has 0 bridgehead atoms. The fraction of sp³-hybridized carbons (Fsp3) is 0.214. The Kier molecular flexibility index (Phi) is 4.60. The molecule has 0 fully saturated rings. The van der Waals surface area contributed by atoms with Crippen molar-refractivity contribution in [2.45, 2.75) is 19.0 Å². The average molecular weight is 280 g/mol. The Hall–Kier alpha value is -1.78. The van der Waals surface area contributed by atoms with Crippen molar-refractivity contribution in [2.75, 3.05) is 0 Å². The summed E-state index contributed by atoms with van der Waals surface area (Å²) in [5.74, 6) is -0.479. The van der Waals surface area contributed by atoms with E-state index in [1.54, 1.807) is 12.1 Å². The number of halogens is 1. The van der Waals surface area contributed by atoms with Crippen LogP contribution < -0.4 is 10.4 Å². The lowest BCUT2D eigenvalue weighted by Gasteiger charge is -2.14. The Morgan fingerprint density at radius 1 is 1.32 bits per heavy atom. The molecule has 0 spiro atoms. The zero-order valence-electron chi connectivity index (χ0n) is 10.2. The highest BCUT2D eigenvalue weighted by molar-refractivity contribution is 6.31. The first-order chi connectivity index (χ1) is 9.16. The number of hydrogen-bond acceptors (Lipinski definition) is 3. The van der Waals surface area contributed by atoms with Gasteiger partial charge in [-0.25, -0.2) is 0 Å². The van der Waals surface area contributed by atoms with Crippen LogP contribution in [0.25, 0.3) is 0 Å². The zero-order valence-corrected chi connectivity index (χ0v) is 11.0. The molecule has 5 heteroatoms. The van der Waals surface area contributed by atoms with Gasteiger partial charge in [0.1, 0.15) is 12.6 Å². The summed E-state index contributed by atoms with van der Waals surface area (Å²) in [4.78, 5) is 10.8. The lowest BCUT2D eigenvalue weighted by molar-refractivity contribution is -0.712. The Labute approximate surface area is 116 Å². The maximum Gasteiger partial charge on any atom is 0.161 e. The van der Waals surface area contributed by atoms with E-state index >= 15 is 0 Å². The van der Waals surface area contributed by atoms with Gasteiger partial charge in [-0.1, -0.05) is 29.8 Å². The number of aliphatic carboxylic acids is 1. The molecule has 100 valence electrons. The summed E-state index contributed by atoms with van der Waals surface area (Å²) in [7, 11) is 0. The number of quaternary nitrogens is 1. The van der Waals surface area contributed by atoms with Gasteiger partial charge in [-0.3, -0.25) is 0 Å². The highest BCUT2D eigenvalue weighted by atomic mass is 35.5. The van der Waals surface area contributed by atoms with Crippen LogP contribution in [-0.4, -0.2) is 5.97 Å². The molecule has 2 N–H and O–H groups in total. The molecule has 1 unspecified atom stereocenters. The molecule has 1 aromatic heterocycles. The van der Waals surface area contributed by atoms with E-state index in [9.17, 15) is 9.90 Å². The third kappa shape index (κ3) is 3.84. The Balaban J connectivity index is 2.05. The molecule has 1 aromatic carbocycles. The van der Waals surface area contributed by atoms with Gasteiger partial charge in [0.05, 0.1) is 6.26 Å². The highest BCUT2D eigenvalue weighted by Gasteiger charge is 2.18. The fourth-order valence-corrected chi connectivity index (χ4v) is 2.13. The predicted molar refractivity (Wildman–Crippen MR) is 68.2 cm³/mol. The molecule has 19 heavy (non-hydrogen) atoms.